The van der Waals surface area contributed by atoms with E-state index in [1.807, 2.05) is 54.6 Å². The van der Waals surface area contributed by atoms with Crippen molar-refractivity contribution >= 4 is 11.9 Å². The van der Waals surface area contributed by atoms with Gasteiger partial charge in [-0.25, -0.2) is 0 Å². The lowest BCUT2D eigenvalue weighted by Crippen LogP contribution is -2.30. The van der Waals surface area contributed by atoms with Crippen LogP contribution in [0.5, 0.6) is 5.75 Å². The summed E-state index contributed by atoms with van der Waals surface area (Å²) in [6.45, 7) is 2.53. The van der Waals surface area contributed by atoms with Gasteiger partial charge >= 0.3 is 5.97 Å². The Morgan fingerprint density at radius 1 is 1.15 bits per heavy atom. The van der Waals surface area contributed by atoms with Crippen molar-refractivity contribution in [1.82, 2.24) is 4.90 Å². The number of amides is 1. The second kappa shape index (κ2) is 8.04. The first-order chi connectivity index (χ1) is 12.6. The second-order valence-corrected chi connectivity index (χ2v) is 6.29. The van der Waals surface area contributed by atoms with Gasteiger partial charge in [-0.1, -0.05) is 42.5 Å². The fraction of sp³-hybridized carbons (Fsp3) is 0.333. The van der Waals surface area contributed by atoms with E-state index >= 15 is 0 Å². The molecule has 1 heterocycles. The average molecular weight is 353 g/mol. The van der Waals surface area contributed by atoms with Crippen molar-refractivity contribution in [3.8, 4) is 5.75 Å². The molecule has 2 aromatic carbocycles. The van der Waals surface area contributed by atoms with E-state index in [1.54, 1.807) is 18.9 Å². The van der Waals surface area contributed by atoms with Gasteiger partial charge in [-0.05, 0) is 30.2 Å². The monoisotopic (exact) mass is 353 g/mol. The summed E-state index contributed by atoms with van der Waals surface area (Å²) in [5.41, 5.74) is 1.91. The maximum atomic E-state index is 12.7. The van der Waals surface area contributed by atoms with Crippen LogP contribution in [0.1, 0.15) is 30.5 Å². The molecule has 1 aliphatic heterocycles. The number of carbonyl (C=O) groups is 2. The molecule has 2 atom stereocenters. The zero-order valence-electron chi connectivity index (χ0n) is 15.1. The predicted molar refractivity (Wildman–Crippen MR) is 97.5 cm³/mol. The van der Waals surface area contributed by atoms with Crippen molar-refractivity contribution in [1.29, 1.82) is 0 Å². The molecule has 26 heavy (non-hydrogen) atoms. The molecule has 0 radical (unpaired) electrons. The Hall–Kier alpha value is -2.82. The highest BCUT2D eigenvalue weighted by Gasteiger charge is 2.45. The van der Waals surface area contributed by atoms with Gasteiger partial charge in [0.25, 0.3) is 0 Å². The molecule has 5 heteroatoms. The van der Waals surface area contributed by atoms with E-state index in [-0.39, 0.29) is 24.3 Å². The van der Waals surface area contributed by atoms with Crippen molar-refractivity contribution in [3.05, 3.63) is 65.7 Å². The van der Waals surface area contributed by atoms with Crippen LogP contribution in [0.4, 0.5) is 0 Å². The van der Waals surface area contributed by atoms with E-state index in [1.165, 1.54) is 0 Å². The summed E-state index contributed by atoms with van der Waals surface area (Å²) in [6, 6.07) is 17.0. The summed E-state index contributed by atoms with van der Waals surface area (Å²) in [5.74, 6) is -0.189. The summed E-state index contributed by atoms with van der Waals surface area (Å²) in [5, 5.41) is 0. The Morgan fingerprint density at radius 3 is 2.62 bits per heavy atom. The maximum Gasteiger partial charge on any atom is 0.311 e. The van der Waals surface area contributed by atoms with Crippen LogP contribution in [-0.4, -0.2) is 30.5 Å². The number of ether oxygens (including phenoxy) is 2. The van der Waals surface area contributed by atoms with Crippen molar-refractivity contribution in [3.63, 3.8) is 0 Å². The molecular weight excluding hydrogens is 330 g/mol. The first-order valence-corrected chi connectivity index (χ1v) is 8.78. The molecule has 5 nitrogen and oxygen atoms in total. The molecule has 0 saturated carbocycles. The molecule has 136 valence electrons. The van der Waals surface area contributed by atoms with Crippen molar-refractivity contribution in [2.45, 2.75) is 25.9 Å². The highest BCUT2D eigenvalue weighted by atomic mass is 16.5. The lowest BCUT2D eigenvalue weighted by atomic mass is 9.93. The number of carbonyl (C=O) groups excluding carboxylic acids is 2. The summed E-state index contributed by atoms with van der Waals surface area (Å²) < 4.78 is 10.6. The summed E-state index contributed by atoms with van der Waals surface area (Å²) in [6.07, 6.45) is 0.160. The van der Waals surface area contributed by atoms with E-state index in [4.69, 9.17) is 9.47 Å². The molecule has 3 rings (SSSR count). The molecule has 1 saturated heterocycles. The first-order valence-electron chi connectivity index (χ1n) is 8.78. The lowest BCUT2D eigenvalue weighted by Gasteiger charge is -2.28. The topological polar surface area (TPSA) is 55.8 Å². The predicted octanol–water partition coefficient (Wildman–Crippen LogP) is 3.35. The minimum absolute atomic E-state index is 0.0419. The van der Waals surface area contributed by atoms with Gasteiger partial charge in [0.1, 0.15) is 5.75 Å². The van der Waals surface area contributed by atoms with E-state index < -0.39 is 5.92 Å². The summed E-state index contributed by atoms with van der Waals surface area (Å²) in [4.78, 5) is 27.0. The molecule has 0 bridgehead atoms. The molecule has 0 aliphatic carbocycles. The SMILES string of the molecule is CCOC(=O)C1CC(=O)N(Cc2ccccc2)C1c1cccc(OC)c1. The Morgan fingerprint density at radius 2 is 1.92 bits per heavy atom. The van der Waals surface area contributed by atoms with Gasteiger partial charge in [0.15, 0.2) is 0 Å². The molecule has 2 aromatic rings. The third-order valence-electron chi connectivity index (χ3n) is 4.65. The van der Waals surface area contributed by atoms with Crippen LogP contribution in [0.25, 0.3) is 0 Å². The molecule has 1 aliphatic rings. The quantitative estimate of drug-likeness (QED) is 0.748. The number of hydrogen-bond acceptors (Lipinski definition) is 4. The molecule has 0 spiro atoms. The fourth-order valence-electron chi connectivity index (χ4n) is 3.46. The van der Waals surface area contributed by atoms with Crippen LogP contribution < -0.4 is 4.74 Å². The maximum absolute atomic E-state index is 12.7. The Balaban J connectivity index is 1.97. The molecular formula is C21H23NO4. The third-order valence-corrected chi connectivity index (χ3v) is 4.65. The molecule has 0 N–H and O–H groups in total. The van der Waals surface area contributed by atoms with Crippen LogP contribution in [0, 0.1) is 5.92 Å². The zero-order chi connectivity index (χ0) is 18.5. The van der Waals surface area contributed by atoms with Crippen LogP contribution in [-0.2, 0) is 20.9 Å². The van der Waals surface area contributed by atoms with Gasteiger partial charge in [0.2, 0.25) is 5.91 Å². The molecule has 2 unspecified atom stereocenters. The van der Waals surface area contributed by atoms with Crippen LogP contribution in [0.2, 0.25) is 0 Å². The molecule has 0 aromatic heterocycles. The van der Waals surface area contributed by atoms with Gasteiger partial charge in [-0.3, -0.25) is 9.59 Å². The second-order valence-electron chi connectivity index (χ2n) is 6.29. The highest BCUT2D eigenvalue weighted by Crippen LogP contribution is 2.40. The van der Waals surface area contributed by atoms with Gasteiger partial charge in [0, 0.05) is 13.0 Å². The minimum atomic E-state index is -0.515. The van der Waals surface area contributed by atoms with E-state index in [0.29, 0.717) is 18.9 Å². The number of likely N-dealkylation sites (tertiary alicyclic amines) is 1. The Kier molecular flexibility index (Phi) is 5.56. The lowest BCUT2D eigenvalue weighted by molar-refractivity contribution is -0.149. The number of esters is 1. The van der Waals surface area contributed by atoms with Crippen LogP contribution >= 0.6 is 0 Å². The first kappa shape index (κ1) is 18.0. The summed E-state index contributed by atoms with van der Waals surface area (Å²) in [7, 11) is 1.60. The van der Waals surface area contributed by atoms with E-state index in [0.717, 1.165) is 11.1 Å². The molecule has 1 amide bonds. The standard InChI is InChI=1S/C21H23NO4/c1-3-26-21(24)18-13-19(23)22(14-15-8-5-4-6-9-15)20(18)16-10-7-11-17(12-16)25-2/h4-12,18,20H,3,13-14H2,1-2H3. The smallest absolute Gasteiger partial charge is 0.311 e. The number of methoxy groups -OCH3 is 1. The number of benzene rings is 2. The number of rotatable bonds is 6. The summed E-state index contributed by atoms with van der Waals surface area (Å²) >= 11 is 0. The zero-order valence-corrected chi connectivity index (χ0v) is 15.1. The average Bonchev–Trinajstić information content (AvgIpc) is 2.99. The Labute approximate surface area is 153 Å². The highest BCUT2D eigenvalue weighted by molar-refractivity contribution is 5.88. The van der Waals surface area contributed by atoms with E-state index in [9.17, 15) is 9.59 Å². The van der Waals surface area contributed by atoms with Crippen LogP contribution in [0.15, 0.2) is 54.6 Å². The van der Waals surface area contributed by atoms with Crippen molar-refractivity contribution in [2.75, 3.05) is 13.7 Å². The molecule has 1 fully saturated rings. The number of hydrogen-bond donors (Lipinski definition) is 0. The minimum Gasteiger partial charge on any atom is -0.497 e. The normalized spacial score (nSPS) is 19.5. The van der Waals surface area contributed by atoms with Gasteiger partial charge in [-0.15, -0.1) is 0 Å². The Bertz CT molecular complexity index is 775. The van der Waals surface area contributed by atoms with Gasteiger partial charge in [0.05, 0.1) is 25.7 Å². The van der Waals surface area contributed by atoms with Crippen molar-refractivity contribution < 1.29 is 19.1 Å². The van der Waals surface area contributed by atoms with E-state index in [2.05, 4.69) is 0 Å². The largest absolute Gasteiger partial charge is 0.497 e. The fourth-order valence-corrected chi connectivity index (χ4v) is 3.46. The van der Waals surface area contributed by atoms with Gasteiger partial charge in [-0.2, -0.15) is 0 Å². The van der Waals surface area contributed by atoms with Gasteiger partial charge < -0.3 is 14.4 Å². The van der Waals surface area contributed by atoms with Crippen LogP contribution in [0.3, 0.4) is 0 Å². The number of nitrogens with zero attached hydrogens (tertiary/aromatic N) is 1. The third kappa shape index (κ3) is 3.72. The van der Waals surface area contributed by atoms with Crippen molar-refractivity contribution in [2.24, 2.45) is 5.92 Å².